The maximum absolute atomic E-state index is 10.8. The maximum Gasteiger partial charge on any atom is 0.252 e. The summed E-state index contributed by atoms with van der Waals surface area (Å²) < 4.78 is 5.20. The van der Waals surface area contributed by atoms with Gasteiger partial charge in [0.25, 0.3) is 5.91 Å². The van der Waals surface area contributed by atoms with Crippen LogP contribution in [0.25, 0.3) is 0 Å². The molecule has 0 heterocycles. The lowest BCUT2D eigenvalue weighted by atomic mass is 10.2. The minimum absolute atomic E-state index is 0. The molecule has 1 aromatic carbocycles. The Morgan fingerprint density at radius 2 is 2.08 bits per heavy atom. The molecular formula is C9H14N2O2. The number of hydrogen-bond acceptors (Lipinski definition) is 3. The van der Waals surface area contributed by atoms with E-state index in [1.165, 1.54) is 0 Å². The first-order valence-corrected chi connectivity index (χ1v) is 3.77. The SMILES string of the molecule is CCOc1ccccc1C(N)=O.N. The average Bonchev–Trinajstić information content (AvgIpc) is 2.05. The monoisotopic (exact) mass is 182 g/mol. The molecule has 0 saturated heterocycles. The zero-order valence-corrected chi connectivity index (χ0v) is 7.62. The maximum atomic E-state index is 10.8. The van der Waals surface area contributed by atoms with Gasteiger partial charge >= 0.3 is 0 Å². The Morgan fingerprint density at radius 1 is 1.46 bits per heavy atom. The predicted molar refractivity (Wildman–Crippen MR) is 51.2 cm³/mol. The van der Waals surface area contributed by atoms with Crippen LogP contribution in [0.4, 0.5) is 0 Å². The topological polar surface area (TPSA) is 87.3 Å². The van der Waals surface area contributed by atoms with Crippen molar-refractivity contribution in [2.75, 3.05) is 6.61 Å². The van der Waals surface area contributed by atoms with Crippen LogP contribution >= 0.6 is 0 Å². The highest BCUT2D eigenvalue weighted by molar-refractivity contribution is 5.95. The summed E-state index contributed by atoms with van der Waals surface area (Å²) in [6.07, 6.45) is 0. The third-order valence-corrected chi connectivity index (χ3v) is 1.45. The van der Waals surface area contributed by atoms with Crippen LogP contribution in [0.1, 0.15) is 17.3 Å². The van der Waals surface area contributed by atoms with E-state index < -0.39 is 5.91 Å². The number of rotatable bonds is 3. The normalized spacial score (nSPS) is 8.69. The zero-order chi connectivity index (χ0) is 8.97. The lowest BCUT2D eigenvalue weighted by molar-refractivity contribution is 0.0996. The standard InChI is InChI=1S/C9H11NO2.H3N/c1-2-12-8-6-4-3-5-7(8)9(10)11;/h3-6H,2H2,1H3,(H2,10,11);1H3. The molecule has 4 heteroatoms. The number of para-hydroxylation sites is 1. The number of hydrogen-bond donors (Lipinski definition) is 2. The van der Waals surface area contributed by atoms with Crippen molar-refractivity contribution in [3.8, 4) is 5.75 Å². The van der Waals surface area contributed by atoms with Gasteiger partial charge in [-0.3, -0.25) is 4.79 Å². The Hall–Kier alpha value is -1.55. The van der Waals surface area contributed by atoms with Crippen LogP contribution in [0.15, 0.2) is 24.3 Å². The summed E-state index contributed by atoms with van der Waals surface area (Å²) in [6, 6.07) is 6.93. The number of benzene rings is 1. The fourth-order valence-corrected chi connectivity index (χ4v) is 0.952. The van der Waals surface area contributed by atoms with E-state index in [2.05, 4.69) is 0 Å². The van der Waals surface area contributed by atoms with Crippen LogP contribution in [0.5, 0.6) is 5.75 Å². The van der Waals surface area contributed by atoms with E-state index in [0.717, 1.165) is 0 Å². The summed E-state index contributed by atoms with van der Waals surface area (Å²) in [4.78, 5) is 10.8. The van der Waals surface area contributed by atoms with Gasteiger partial charge in [0.15, 0.2) is 0 Å². The first-order chi connectivity index (χ1) is 5.75. The number of nitrogens with two attached hydrogens (primary N) is 1. The highest BCUT2D eigenvalue weighted by atomic mass is 16.5. The third kappa shape index (κ3) is 2.76. The second kappa shape index (κ2) is 5.16. The van der Waals surface area contributed by atoms with Crippen LogP contribution in [-0.2, 0) is 0 Å². The molecule has 0 aliphatic heterocycles. The van der Waals surface area contributed by atoms with E-state index in [-0.39, 0.29) is 6.15 Å². The Kier molecular flexibility index (Phi) is 4.54. The van der Waals surface area contributed by atoms with Gasteiger partial charge in [0.2, 0.25) is 0 Å². The number of ether oxygens (including phenoxy) is 1. The van der Waals surface area contributed by atoms with E-state index in [1.807, 2.05) is 6.92 Å². The molecule has 0 radical (unpaired) electrons. The lowest BCUT2D eigenvalue weighted by Crippen LogP contribution is -2.12. The highest BCUT2D eigenvalue weighted by Gasteiger charge is 2.06. The molecule has 0 atom stereocenters. The summed E-state index contributed by atoms with van der Waals surface area (Å²) in [5.41, 5.74) is 5.56. The van der Waals surface area contributed by atoms with Crippen LogP contribution in [-0.4, -0.2) is 12.5 Å². The summed E-state index contributed by atoms with van der Waals surface area (Å²) in [6.45, 7) is 2.39. The van der Waals surface area contributed by atoms with Gasteiger partial charge in [-0.15, -0.1) is 0 Å². The number of primary amides is 1. The summed E-state index contributed by atoms with van der Waals surface area (Å²) >= 11 is 0. The van der Waals surface area contributed by atoms with Crippen LogP contribution in [0.3, 0.4) is 0 Å². The van der Waals surface area contributed by atoms with E-state index in [0.29, 0.717) is 17.9 Å². The average molecular weight is 182 g/mol. The Morgan fingerprint density at radius 3 is 2.62 bits per heavy atom. The summed E-state index contributed by atoms with van der Waals surface area (Å²) in [5.74, 6) is 0.0894. The Bertz CT molecular complexity index is 287. The van der Waals surface area contributed by atoms with Crippen molar-refractivity contribution in [2.24, 2.45) is 5.73 Å². The van der Waals surface area contributed by atoms with Gasteiger partial charge in [-0.2, -0.15) is 0 Å². The van der Waals surface area contributed by atoms with Crippen LogP contribution in [0.2, 0.25) is 0 Å². The van der Waals surface area contributed by atoms with Gasteiger partial charge in [0.1, 0.15) is 5.75 Å². The molecule has 0 aliphatic rings. The van der Waals surface area contributed by atoms with Gasteiger partial charge < -0.3 is 16.6 Å². The molecule has 0 fully saturated rings. The molecule has 4 nitrogen and oxygen atoms in total. The van der Waals surface area contributed by atoms with Crippen LogP contribution < -0.4 is 16.6 Å². The number of carbonyl (C=O) groups is 1. The lowest BCUT2D eigenvalue weighted by Gasteiger charge is -2.05. The van der Waals surface area contributed by atoms with Crippen LogP contribution in [0, 0.1) is 0 Å². The largest absolute Gasteiger partial charge is 0.493 e. The molecule has 0 saturated carbocycles. The van der Waals surface area contributed by atoms with Gasteiger partial charge in [-0.1, -0.05) is 12.1 Å². The number of amides is 1. The molecule has 0 unspecified atom stereocenters. The molecular weight excluding hydrogens is 168 g/mol. The predicted octanol–water partition coefficient (Wildman–Crippen LogP) is 1.35. The molecule has 72 valence electrons. The van der Waals surface area contributed by atoms with Crippen molar-refractivity contribution in [3.63, 3.8) is 0 Å². The second-order valence-corrected chi connectivity index (χ2v) is 2.29. The first-order valence-electron chi connectivity index (χ1n) is 3.77. The van der Waals surface area contributed by atoms with Crippen molar-refractivity contribution >= 4 is 5.91 Å². The molecule has 0 bridgehead atoms. The molecule has 1 aromatic rings. The van der Waals surface area contributed by atoms with Gasteiger partial charge in [0.05, 0.1) is 12.2 Å². The Labute approximate surface area is 77.3 Å². The van der Waals surface area contributed by atoms with E-state index in [9.17, 15) is 4.79 Å². The molecule has 0 aromatic heterocycles. The molecule has 5 N–H and O–H groups in total. The van der Waals surface area contributed by atoms with Crippen molar-refractivity contribution in [3.05, 3.63) is 29.8 Å². The van der Waals surface area contributed by atoms with E-state index in [4.69, 9.17) is 10.5 Å². The van der Waals surface area contributed by atoms with Gasteiger partial charge in [-0.25, -0.2) is 0 Å². The second-order valence-electron chi connectivity index (χ2n) is 2.29. The zero-order valence-electron chi connectivity index (χ0n) is 7.62. The van der Waals surface area contributed by atoms with Gasteiger partial charge in [0, 0.05) is 0 Å². The summed E-state index contributed by atoms with van der Waals surface area (Å²) in [7, 11) is 0. The minimum Gasteiger partial charge on any atom is -0.493 e. The van der Waals surface area contributed by atoms with Crippen molar-refractivity contribution < 1.29 is 9.53 Å². The quantitative estimate of drug-likeness (QED) is 0.739. The molecule has 1 rings (SSSR count). The van der Waals surface area contributed by atoms with E-state index >= 15 is 0 Å². The number of carbonyl (C=O) groups excluding carboxylic acids is 1. The molecule has 1 amide bonds. The highest BCUT2D eigenvalue weighted by Crippen LogP contribution is 2.16. The summed E-state index contributed by atoms with van der Waals surface area (Å²) in [5, 5.41) is 0. The fourth-order valence-electron chi connectivity index (χ4n) is 0.952. The van der Waals surface area contributed by atoms with Crippen molar-refractivity contribution in [1.82, 2.24) is 6.15 Å². The molecule has 0 spiro atoms. The van der Waals surface area contributed by atoms with Gasteiger partial charge in [-0.05, 0) is 19.1 Å². The Balaban J connectivity index is 0.00000144. The van der Waals surface area contributed by atoms with Crippen molar-refractivity contribution in [1.29, 1.82) is 0 Å². The molecule has 0 aliphatic carbocycles. The molecule has 13 heavy (non-hydrogen) atoms. The van der Waals surface area contributed by atoms with E-state index in [1.54, 1.807) is 24.3 Å². The third-order valence-electron chi connectivity index (χ3n) is 1.45. The minimum atomic E-state index is -0.459. The first kappa shape index (κ1) is 11.4. The fraction of sp³-hybridized carbons (Fsp3) is 0.222. The smallest absolute Gasteiger partial charge is 0.252 e. The van der Waals surface area contributed by atoms with Crippen molar-refractivity contribution in [2.45, 2.75) is 6.92 Å².